The molecule has 0 fully saturated rings. The summed E-state index contributed by atoms with van der Waals surface area (Å²) in [5.41, 5.74) is 1.57. The zero-order valence-electron chi connectivity index (χ0n) is 12.3. The van der Waals surface area contributed by atoms with Crippen molar-refractivity contribution in [3.8, 4) is 0 Å². The Kier molecular flexibility index (Phi) is 3.36. The third kappa shape index (κ3) is 2.23. The van der Waals surface area contributed by atoms with Crippen molar-refractivity contribution in [1.29, 1.82) is 0 Å². The zero-order valence-corrected chi connectivity index (χ0v) is 13.9. The molecule has 0 unspecified atom stereocenters. The Balaban J connectivity index is 2.14. The van der Waals surface area contributed by atoms with Crippen LogP contribution in [-0.2, 0) is 14.3 Å². The van der Waals surface area contributed by atoms with Gasteiger partial charge in [0.2, 0.25) is 0 Å². The summed E-state index contributed by atoms with van der Waals surface area (Å²) in [4.78, 5) is 24.0. The second-order valence-electron chi connectivity index (χ2n) is 5.55. The van der Waals surface area contributed by atoms with Gasteiger partial charge in [-0.15, -0.1) is 0 Å². The van der Waals surface area contributed by atoms with Crippen LogP contribution < -0.4 is 5.32 Å². The summed E-state index contributed by atoms with van der Waals surface area (Å²) in [5, 5.41) is 2.78. The number of fused-ring (bicyclic) bond motifs is 1. The summed E-state index contributed by atoms with van der Waals surface area (Å²) in [6, 6.07) is 4.94. The van der Waals surface area contributed by atoms with E-state index in [-0.39, 0.29) is 5.91 Å². The molecular formula is C16H14BrNO4. The fourth-order valence-electron chi connectivity index (χ4n) is 2.42. The number of amides is 1. The molecule has 0 radical (unpaired) electrons. The molecule has 0 saturated heterocycles. The number of ether oxygens (including phenoxy) is 2. The van der Waals surface area contributed by atoms with Crippen molar-refractivity contribution < 1.29 is 19.1 Å². The molecule has 1 N–H and O–H groups in total. The molecule has 5 nitrogen and oxygen atoms in total. The molecule has 2 aliphatic rings. The van der Waals surface area contributed by atoms with Crippen molar-refractivity contribution in [2.24, 2.45) is 0 Å². The van der Waals surface area contributed by atoms with Crippen LogP contribution in [0, 0.1) is 0 Å². The average Bonchev–Trinajstić information content (AvgIpc) is 2.92. The molecule has 1 amide bonds. The largest absolute Gasteiger partial charge is 0.482 e. The fraction of sp³-hybridized carbons (Fsp3) is 0.250. The van der Waals surface area contributed by atoms with Crippen LogP contribution in [0.5, 0.6) is 0 Å². The number of allylic oxidation sites excluding steroid dienone is 1. The van der Waals surface area contributed by atoms with E-state index >= 15 is 0 Å². The quantitative estimate of drug-likeness (QED) is 0.614. The molecule has 22 heavy (non-hydrogen) atoms. The minimum absolute atomic E-state index is 0.249. The van der Waals surface area contributed by atoms with Gasteiger partial charge in [-0.25, -0.2) is 4.79 Å². The Morgan fingerprint density at radius 2 is 2.09 bits per heavy atom. The normalized spacial score (nSPS) is 21.8. The van der Waals surface area contributed by atoms with Gasteiger partial charge in [-0.2, -0.15) is 0 Å². The van der Waals surface area contributed by atoms with Gasteiger partial charge in [0.1, 0.15) is 11.4 Å². The number of benzene rings is 1. The SMILES string of the molecule is COC(=O)c1ccc2c(c1)C(=C1C=C(Br)C(C)(C)O1)C(=O)N2. The van der Waals surface area contributed by atoms with E-state index in [1.807, 2.05) is 13.8 Å². The fourth-order valence-corrected chi connectivity index (χ4v) is 2.71. The highest BCUT2D eigenvalue weighted by molar-refractivity contribution is 9.11. The van der Waals surface area contributed by atoms with E-state index in [0.717, 1.165) is 4.48 Å². The highest BCUT2D eigenvalue weighted by Crippen LogP contribution is 2.42. The average molecular weight is 364 g/mol. The first-order valence-corrected chi connectivity index (χ1v) is 7.48. The highest BCUT2D eigenvalue weighted by atomic mass is 79.9. The van der Waals surface area contributed by atoms with Crippen molar-refractivity contribution in [2.45, 2.75) is 19.4 Å². The summed E-state index contributed by atoms with van der Waals surface area (Å²) in [6.45, 7) is 3.81. The lowest BCUT2D eigenvalue weighted by Crippen LogP contribution is -2.19. The molecule has 2 heterocycles. The van der Waals surface area contributed by atoms with Crippen LogP contribution in [0.15, 0.2) is 34.5 Å². The molecule has 1 aromatic rings. The monoisotopic (exact) mass is 363 g/mol. The first-order valence-electron chi connectivity index (χ1n) is 6.68. The molecule has 0 saturated carbocycles. The van der Waals surface area contributed by atoms with Crippen LogP contribution in [0.4, 0.5) is 5.69 Å². The van der Waals surface area contributed by atoms with Crippen LogP contribution in [0.2, 0.25) is 0 Å². The van der Waals surface area contributed by atoms with Crippen LogP contribution in [-0.4, -0.2) is 24.6 Å². The third-order valence-corrected chi connectivity index (χ3v) is 4.81. The molecule has 6 heteroatoms. The standard InChI is InChI=1S/C16H14BrNO4/c1-16(2)12(17)7-11(22-16)13-9-6-8(15(20)21-3)4-5-10(9)18-14(13)19/h4-7H,1-3H3,(H,18,19). The molecule has 2 aliphatic heterocycles. The number of esters is 1. The first kappa shape index (κ1) is 14.8. The number of nitrogens with one attached hydrogen (secondary N) is 1. The number of halogens is 1. The number of hydrogen-bond donors (Lipinski definition) is 1. The Morgan fingerprint density at radius 1 is 1.36 bits per heavy atom. The minimum atomic E-state index is -0.522. The summed E-state index contributed by atoms with van der Waals surface area (Å²) in [6.07, 6.45) is 1.79. The van der Waals surface area contributed by atoms with Gasteiger partial charge >= 0.3 is 5.97 Å². The van der Waals surface area contributed by atoms with Crippen LogP contribution in [0.25, 0.3) is 5.57 Å². The van der Waals surface area contributed by atoms with E-state index in [1.54, 1.807) is 24.3 Å². The maximum Gasteiger partial charge on any atom is 0.337 e. The minimum Gasteiger partial charge on any atom is -0.482 e. The van der Waals surface area contributed by atoms with Crippen molar-refractivity contribution in [3.63, 3.8) is 0 Å². The van der Waals surface area contributed by atoms with Crippen LogP contribution >= 0.6 is 15.9 Å². The second kappa shape index (κ2) is 4.98. The van der Waals surface area contributed by atoms with Crippen LogP contribution in [0.3, 0.4) is 0 Å². The summed E-state index contributed by atoms with van der Waals surface area (Å²) in [5.74, 6) is -0.215. The smallest absolute Gasteiger partial charge is 0.337 e. The number of hydrogen-bond acceptors (Lipinski definition) is 4. The maximum absolute atomic E-state index is 12.3. The summed E-state index contributed by atoms with van der Waals surface area (Å²) in [7, 11) is 1.32. The van der Waals surface area contributed by atoms with E-state index in [4.69, 9.17) is 9.47 Å². The van der Waals surface area contributed by atoms with E-state index in [9.17, 15) is 9.59 Å². The molecule has 0 spiro atoms. The molecule has 0 atom stereocenters. The molecule has 3 rings (SSSR count). The number of carbonyl (C=O) groups is 2. The molecule has 0 bridgehead atoms. The Morgan fingerprint density at radius 3 is 2.68 bits per heavy atom. The third-order valence-electron chi connectivity index (χ3n) is 3.63. The van der Waals surface area contributed by atoms with Gasteiger partial charge in [0.25, 0.3) is 5.91 Å². The van der Waals surface area contributed by atoms with Crippen LogP contribution in [0.1, 0.15) is 29.8 Å². The van der Waals surface area contributed by atoms with E-state index < -0.39 is 11.6 Å². The molecule has 0 aromatic heterocycles. The van der Waals surface area contributed by atoms with Gasteiger partial charge in [-0.3, -0.25) is 4.79 Å². The van der Waals surface area contributed by atoms with Gasteiger partial charge < -0.3 is 14.8 Å². The van der Waals surface area contributed by atoms with E-state index in [1.165, 1.54) is 7.11 Å². The Bertz CT molecular complexity index is 761. The van der Waals surface area contributed by atoms with Gasteiger partial charge in [0, 0.05) is 15.7 Å². The first-order chi connectivity index (χ1) is 10.3. The van der Waals surface area contributed by atoms with Crippen molar-refractivity contribution in [2.75, 3.05) is 12.4 Å². The predicted molar refractivity (Wildman–Crippen MR) is 85.5 cm³/mol. The van der Waals surface area contributed by atoms with Gasteiger partial charge in [-0.1, -0.05) is 15.9 Å². The molecular weight excluding hydrogens is 350 g/mol. The highest BCUT2D eigenvalue weighted by Gasteiger charge is 2.36. The van der Waals surface area contributed by atoms with E-state index in [0.29, 0.717) is 28.1 Å². The lowest BCUT2D eigenvalue weighted by atomic mass is 10.0. The van der Waals surface area contributed by atoms with Crippen molar-refractivity contribution in [3.05, 3.63) is 45.6 Å². The van der Waals surface area contributed by atoms with Crippen molar-refractivity contribution in [1.82, 2.24) is 0 Å². The number of rotatable bonds is 1. The number of methoxy groups -OCH3 is 1. The maximum atomic E-state index is 12.3. The topological polar surface area (TPSA) is 64.6 Å². The van der Waals surface area contributed by atoms with Gasteiger partial charge in [0.05, 0.1) is 18.2 Å². The zero-order chi connectivity index (χ0) is 16.1. The number of carbonyl (C=O) groups excluding carboxylic acids is 2. The summed E-state index contributed by atoms with van der Waals surface area (Å²) >= 11 is 3.45. The van der Waals surface area contributed by atoms with Crippen molar-refractivity contribution >= 4 is 39.1 Å². The van der Waals surface area contributed by atoms with E-state index in [2.05, 4.69) is 21.2 Å². The van der Waals surface area contributed by atoms with Gasteiger partial charge in [-0.05, 0) is 38.1 Å². The Hall–Kier alpha value is -2.08. The molecule has 114 valence electrons. The Labute approximate surface area is 136 Å². The molecule has 1 aromatic carbocycles. The second-order valence-corrected chi connectivity index (χ2v) is 6.40. The molecule has 0 aliphatic carbocycles. The lowest BCUT2D eigenvalue weighted by Gasteiger charge is -2.20. The predicted octanol–water partition coefficient (Wildman–Crippen LogP) is 3.22. The van der Waals surface area contributed by atoms with Gasteiger partial charge in [0.15, 0.2) is 0 Å². The number of anilines is 1. The summed E-state index contributed by atoms with van der Waals surface area (Å²) < 4.78 is 11.4. The lowest BCUT2D eigenvalue weighted by molar-refractivity contribution is -0.111.